The number of aromatic amines is 1. The van der Waals surface area contributed by atoms with Crippen LogP contribution < -0.4 is 16.2 Å². The molecule has 0 aliphatic rings. The van der Waals surface area contributed by atoms with Crippen LogP contribution in [0.1, 0.15) is 12.5 Å². The van der Waals surface area contributed by atoms with Gasteiger partial charge in [0, 0.05) is 18.6 Å². The van der Waals surface area contributed by atoms with Gasteiger partial charge in [0.05, 0.1) is 17.1 Å². The van der Waals surface area contributed by atoms with Gasteiger partial charge < -0.3 is 10.6 Å². The molecule has 0 atom stereocenters. The van der Waals surface area contributed by atoms with E-state index in [0.29, 0.717) is 17.3 Å². The molecular formula is C20H17F2N5O3S. The van der Waals surface area contributed by atoms with Gasteiger partial charge in [-0.1, -0.05) is 30.0 Å². The summed E-state index contributed by atoms with van der Waals surface area (Å²) in [5.74, 6) is -2.72. The van der Waals surface area contributed by atoms with Crippen molar-refractivity contribution in [3.05, 3.63) is 63.9 Å². The predicted octanol–water partition coefficient (Wildman–Crippen LogP) is 3.11. The molecule has 2 amide bonds. The number of halogens is 2. The van der Waals surface area contributed by atoms with Crippen molar-refractivity contribution in [2.75, 3.05) is 16.4 Å². The molecule has 0 saturated heterocycles. The first-order valence-corrected chi connectivity index (χ1v) is 9.95. The number of amides is 2. The maximum Gasteiger partial charge on any atom is 0.278 e. The largest absolute Gasteiger partial charge is 0.325 e. The van der Waals surface area contributed by atoms with Crippen molar-refractivity contribution in [1.82, 2.24) is 15.2 Å². The molecule has 1 aromatic heterocycles. The molecule has 3 N–H and O–H groups in total. The Bertz CT molecular complexity index is 1220. The first-order valence-electron chi connectivity index (χ1n) is 8.97. The molecule has 0 bridgehead atoms. The lowest BCUT2D eigenvalue weighted by Crippen LogP contribution is -2.18. The molecule has 3 rings (SSSR count). The van der Waals surface area contributed by atoms with Crippen molar-refractivity contribution < 1.29 is 18.4 Å². The fourth-order valence-corrected chi connectivity index (χ4v) is 3.28. The number of aryl methyl sites for hydroxylation is 1. The number of carbonyl (C=O) groups excluding carboxylic acids is 2. The topological polar surface area (TPSA) is 117 Å². The Morgan fingerprint density at radius 1 is 1.13 bits per heavy atom. The van der Waals surface area contributed by atoms with Crippen LogP contribution in [0, 0.1) is 18.6 Å². The molecule has 8 nitrogen and oxygen atoms in total. The number of anilines is 2. The zero-order chi connectivity index (χ0) is 22.5. The molecule has 1 heterocycles. The summed E-state index contributed by atoms with van der Waals surface area (Å²) < 4.78 is 26.5. The number of rotatable bonds is 6. The van der Waals surface area contributed by atoms with E-state index in [4.69, 9.17) is 0 Å². The summed E-state index contributed by atoms with van der Waals surface area (Å²) in [7, 11) is 0. The van der Waals surface area contributed by atoms with Crippen LogP contribution in [0.4, 0.5) is 20.2 Å². The Morgan fingerprint density at radius 2 is 1.90 bits per heavy atom. The molecule has 160 valence electrons. The molecule has 11 heteroatoms. The fourth-order valence-electron chi connectivity index (χ4n) is 2.68. The second kappa shape index (κ2) is 9.47. The Morgan fingerprint density at radius 3 is 2.58 bits per heavy atom. The second-order valence-electron chi connectivity index (χ2n) is 6.45. The SMILES string of the molecule is CC(=O)Nc1c(C)cccc1-c1nnc(SCC(=O)Nc2ccc(F)cc2F)[nH]c1=O. The zero-order valence-electron chi connectivity index (χ0n) is 16.5. The van der Waals surface area contributed by atoms with Crippen LogP contribution >= 0.6 is 11.8 Å². The molecular weight excluding hydrogens is 428 g/mol. The summed E-state index contributed by atoms with van der Waals surface area (Å²) in [6, 6.07) is 7.92. The smallest absolute Gasteiger partial charge is 0.278 e. The van der Waals surface area contributed by atoms with Gasteiger partial charge in [-0.2, -0.15) is 0 Å². The van der Waals surface area contributed by atoms with Gasteiger partial charge in [0.25, 0.3) is 5.56 Å². The number of para-hydroxylation sites is 1. The number of hydrogen-bond donors (Lipinski definition) is 3. The monoisotopic (exact) mass is 445 g/mol. The van der Waals surface area contributed by atoms with Crippen molar-refractivity contribution in [2.24, 2.45) is 0 Å². The van der Waals surface area contributed by atoms with Crippen LogP contribution in [0.15, 0.2) is 46.3 Å². The number of nitrogens with zero attached hydrogens (tertiary/aromatic N) is 2. The van der Waals surface area contributed by atoms with Crippen LogP contribution in [0.2, 0.25) is 0 Å². The quantitative estimate of drug-likeness (QED) is 0.502. The van der Waals surface area contributed by atoms with Gasteiger partial charge in [0.1, 0.15) is 11.6 Å². The van der Waals surface area contributed by atoms with Crippen molar-refractivity contribution in [2.45, 2.75) is 19.0 Å². The molecule has 3 aromatic rings. The van der Waals surface area contributed by atoms with Crippen LogP contribution in [-0.4, -0.2) is 32.7 Å². The second-order valence-corrected chi connectivity index (χ2v) is 7.41. The lowest BCUT2D eigenvalue weighted by atomic mass is 10.1. The number of nitrogens with one attached hydrogen (secondary N) is 3. The van der Waals surface area contributed by atoms with Gasteiger partial charge in [0.15, 0.2) is 10.9 Å². The molecule has 0 aliphatic heterocycles. The van der Waals surface area contributed by atoms with Crippen molar-refractivity contribution >= 4 is 35.0 Å². The number of carbonyl (C=O) groups is 2. The van der Waals surface area contributed by atoms with E-state index < -0.39 is 23.1 Å². The van der Waals surface area contributed by atoms with Crippen molar-refractivity contribution in [3.8, 4) is 11.3 Å². The van der Waals surface area contributed by atoms with E-state index in [2.05, 4.69) is 25.8 Å². The van der Waals surface area contributed by atoms with E-state index in [9.17, 15) is 23.2 Å². The van der Waals surface area contributed by atoms with Crippen LogP contribution in [-0.2, 0) is 9.59 Å². The van der Waals surface area contributed by atoms with Crippen molar-refractivity contribution in [3.63, 3.8) is 0 Å². The van der Waals surface area contributed by atoms with E-state index in [0.717, 1.165) is 29.5 Å². The summed E-state index contributed by atoms with van der Waals surface area (Å²) in [6.07, 6.45) is 0. The van der Waals surface area contributed by atoms with Crippen molar-refractivity contribution in [1.29, 1.82) is 0 Å². The van der Waals surface area contributed by atoms with Gasteiger partial charge in [0.2, 0.25) is 11.8 Å². The van der Waals surface area contributed by atoms with Gasteiger partial charge >= 0.3 is 0 Å². The van der Waals surface area contributed by atoms with E-state index in [1.165, 1.54) is 6.92 Å². The van der Waals surface area contributed by atoms with E-state index in [-0.39, 0.29) is 28.2 Å². The third kappa shape index (κ3) is 5.51. The fraction of sp³-hybridized carbons (Fsp3) is 0.150. The Labute approximate surface area is 179 Å². The maximum absolute atomic E-state index is 13.6. The summed E-state index contributed by atoms with van der Waals surface area (Å²) in [5.41, 5.74) is 0.902. The van der Waals surface area contributed by atoms with Gasteiger partial charge in [-0.3, -0.25) is 19.4 Å². The molecule has 0 saturated carbocycles. The molecule has 0 aliphatic carbocycles. The molecule has 0 spiro atoms. The highest BCUT2D eigenvalue weighted by molar-refractivity contribution is 7.99. The number of benzene rings is 2. The molecule has 31 heavy (non-hydrogen) atoms. The van der Waals surface area contributed by atoms with Gasteiger partial charge in [-0.05, 0) is 24.6 Å². The highest BCUT2D eigenvalue weighted by Crippen LogP contribution is 2.27. The first-order chi connectivity index (χ1) is 14.7. The highest BCUT2D eigenvalue weighted by atomic mass is 32.2. The van der Waals surface area contributed by atoms with Crippen LogP contribution in [0.3, 0.4) is 0 Å². The zero-order valence-corrected chi connectivity index (χ0v) is 17.3. The lowest BCUT2D eigenvalue weighted by molar-refractivity contribution is -0.114. The summed E-state index contributed by atoms with van der Waals surface area (Å²) >= 11 is 0.885. The average Bonchev–Trinajstić information content (AvgIpc) is 2.70. The summed E-state index contributed by atoms with van der Waals surface area (Å²) in [4.78, 5) is 38.6. The number of thioether (sulfide) groups is 1. The molecule has 0 radical (unpaired) electrons. The minimum atomic E-state index is -0.899. The van der Waals surface area contributed by atoms with E-state index >= 15 is 0 Å². The first kappa shape index (κ1) is 22.1. The summed E-state index contributed by atoms with van der Waals surface area (Å²) in [6.45, 7) is 3.14. The Hall–Kier alpha value is -3.60. The summed E-state index contributed by atoms with van der Waals surface area (Å²) in [5, 5.41) is 12.9. The van der Waals surface area contributed by atoms with E-state index in [1.807, 2.05) is 0 Å². The highest BCUT2D eigenvalue weighted by Gasteiger charge is 2.16. The molecule has 0 fully saturated rings. The third-order valence-electron chi connectivity index (χ3n) is 4.05. The number of hydrogen-bond acceptors (Lipinski definition) is 6. The minimum Gasteiger partial charge on any atom is -0.325 e. The number of H-pyrrole nitrogens is 1. The normalized spacial score (nSPS) is 10.6. The average molecular weight is 445 g/mol. The van der Waals surface area contributed by atoms with Crippen LogP contribution in [0.5, 0.6) is 0 Å². The third-order valence-corrected chi connectivity index (χ3v) is 4.91. The number of aromatic nitrogens is 3. The standard InChI is InChI=1S/C20H17F2N5O3S/c1-10-4-3-5-13(17(10)23-11(2)28)18-19(30)25-20(27-26-18)31-9-16(29)24-15-7-6-12(21)8-14(15)22/h3-8H,9H2,1-2H3,(H,23,28)(H,24,29)(H,25,27,30). The molecule has 0 unspecified atom stereocenters. The van der Waals surface area contributed by atoms with Gasteiger partial charge in [-0.15, -0.1) is 10.2 Å². The Kier molecular flexibility index (Phi) is 6.75. The van der Waals surface area contributed by atoms with Crippen LogP contribution in [0.25, 0.3) is 11.3 Å². The maximum atomic E-state index is 13.6. The molecule has 2 aromatic carbocycles. The van der Waals surface area contributed by atoms with E-state index in [1.54, 1.807) is 25.1 Å². The van der Waals surface area contributed by atoms with Gasteiger partial charge in [-0.25, -0.2) is 8.78 Å². The minimum absolute atomic E-state index is 0.00892. The Balaban J connectivity index is 1.73. The lowest BCUT2D eigenvalue weighted by Gasteiger charge is -2.11. The predicted molar refractivity (Wildman–Crippen MR) is 113 cm³/mol.